The van der Waals surface area contributed by atoms with Gasteiger partial charge in [-0.15, -0.1) is 24.0 Å². The summed E-state index contributed by atoms with van der Waals surface area (Å²) in [5.41, 5.74) is 1.62. The number of allylic oxidation sites excluding steroid dienone is 1. The minimum atomic E-state index is 0. The molecule has 2 rings (SSSR count). The lowest BCUT2D eigenvalue weighted by Gasteiger charge is -2.28. The number of aliphatic imine (C=N–C) groups is 1. The summed E-state index contributed by atoms with van der Waals surface area (Å²) in [4.78, 5) is 7.26. The number of guanidine groups is 1. The third-order valence-electron chi connectivity index (χ3n) is 4.70. The first-order valence-electron chi connectivity index (χ1n) is 9.78. The Morgan fingerprint density at radius 1 is 1.28 bits per heavy atom. The van der Waals surface area contributed by atoms with Crippen LogP contribution in [0.1, 0.15) is 46.0 Å². The zero-order valence-corrected chi connectivity index (χ0v) is 18.4. The van der Waals surface area contributed by atoms with E-state index in [1.54, 1.807) is 5.57 Å². The standard InChI is InChI=1S/C19H36N4O.HI/c1-3-20-19(21-10-9-18-7-5-4-6-8-18)22-15-17(2)16-23-11-13-24-14-12-23;/h7,17H,3-6,8-16H2,1-2H3,(H2,20,21,22);1H. The zero-order valence-electron chi connectivity index (χ0n) is 16.1. The third-order valence-corrected chi connectivity index (χ3v) is 4.70. The Kier molecular flexibility index (Phi) is 12.5. The van der Waals surface area contributed by atoms with Gasteiger partial charge in [-0.1, -0.05) is 18.6 Å². The second-order valence-corrected chi connectivity index (χ2v) is 7.02. The smallest absolute Gasteiger partial charge is 0.191 e. The van der Waals surface area contributed by atoms with Crippen LogP contribution in [0.3, 0.4) is 0 Å². The first-order valence-corrected chi connectivity index (χ1v) is 9.78. The minimum absolute atomic E-state index is 0. The van der Waals surface area contributed by atoms with Crippen molar-refractivity contribution < 1.29 is 4.74 Å². The Morgan fingerprint density at radius 3 is 2.76 bits per heavy atom. The molecule has 2 N–H and O–H groups in total. The molecule has 0 aromatic carbocycles. The van der Waals surface area contributed by atoms with Crippen molar-refractivity contribution in [1.82, 2.24) is 15.5 Å². The van der Waals surface area contributed by atoms with Crippen molar-refractivity contribution in [2.24, 2.45) is 10.9 Å². The molecule has 1 heterocycles. The normalized spacial score (nSPS) is 20.4. The molecule has 0 amide bonds. The number of ether oxygens (including phenoxy) is 1. The topological polar surface area (TPSA) is 48.9 Å². The maximum absolute atomic E-state index is 5.41. The van der Waals surface area contributed by atoms with Crippen LogP contribution in [-0.4, -0.2) is 63.3 Å². The Bertz CT molecular complexity index is 408. The van der Waals surface area contributed by atoms with Crippen molar-refractivity contribution in [3.8, 4) is 0 Å². The van der Waals surface area contributed by atoms with E-state index in [9.17, 15) is 0 Å². The number of nitrogens with zero attached hydrogens (tertiary/aromatic N) is 2. The Labute approximate surface area is 171 Å². The fourth-order valence-corrected chi connectivity index (χ4v) is 3.34. The van der Waals surface area contributed by atoms with Crippen LogP contribution < -0.4 is 10.6 Å². The monoisotopic (exact) mass is 464 g/mol. The van der Waals surface area contributed by atoms with Crippen molar-refractivity contribution in [3.05, 3.63) is 11.6 Å². The summed E-state index contributed by atoms with van der Waals surface area (Å²) in [6.07, 6.45) is 8.85. The van der Waals surface area contributed by atoms with E-state index in [1.165, 1.54) is 25.7 Å². The van der Waals surface area contributed by atoms with Gasteiger partial charge >= 0.3 is 0 Å². The van der Waals surface area contributed by atoms with E-state index < -0.39 is 0 Å². The van der Waals surface area contributed by atoms with Crippen LogP contribution in [0.5, 0.6) is 0 Å². The average Bonchev–Trinajstić information content (AvgIpc) is 2.61. The van der Waals surface area contributed by atoms with Gasteiger partial charge in [-0.25, -0.2) is 0 Å². The van der Waals surface area contributed by atoms with Crippen LogP contribution >= 0.6 is 24.0 Å². The van der Waals surface area contributed by atoms with Crippen LogP contribution in [0, 0.1) is 5.92 Å². The van der Waals surface area contributed by atoms with Crippen molar-refractivity contribution >= 4 is 29.9 Å². The summed E-state index contributed by atoms with van der Waals surface area (Å²) in [5.74, 6) is 1.53. The number of halogens is 1. The number of rotatable bonds is 8. The number of nitrogens with one attached hydrogen (secondary N) is 2. The molecule has 0 bridgehead atoms. The maximum atomic E-state index is 5.41. The lowest BCUT2D eigenvalue weighted by molar-refractivity contribution is 0.0323. The van der Waals surface area contributed by atoms with Crippen LogP contribution in [0.2, 0.25) is 0 Å². The lowest BCUT2D eigenvalue weighted by atomic mass is 9.97. The fraction of sp³-hybridized carbons (Fsp3) is 0.842. The van der Waals surface area contributed by atoms with E-state index in [4.69, 9.17) is 9.73 Å². The number of hydrogen-bond acceptors (Lipinski definition) is 3. The van der Waals surface area contributed by atoms with E-state index in [0.717, 1.165) is 64.9 Å². The molecule has 25 heavy (non-hydrogen) atoms. The van der Waals surface area contributed by atoms with Gasteiger partial charge in [-0.2, -0.15) is 0 Å². The molecule has 146 valence electrons. The highest BCUT2D eigenvalue weighted by atomic mass is 127. The van der Waals surface area contributed by atoms with E-state index in [0.29, 0.717) is 5.92 Å². The molecule has 1 fully saturated rings. The molecule has 1 aliphatic carbocycles. The molecule has 1 atom stereocenters. The highest BCUT2D eigenvalue weighted by Gasteiger charge is 2.13. The highest BCUT2D eigenvalue weighted by Crippen LogP contribution is 2.19. The van der Waals surface area contributed by atoms with Gasteiger partial charge in [0.1, 0.15) is 0 Å². The first kappa shape index (κ1) is 22.7. The third kappa shape index (κ3) is 9.80. The largest absolute Gasteiger partial charge is 0.379 e. The predicted octanol–water partition coefficient (Wildman–Crippen LogP) is 3.02. The zero-order chi connectivity index (χ0) is 17.0. The summed E-state index contributed by atoms with van der Waals surface area (Å²) >= 11 is 0. The molecule has 5 nitrogen and oxygen atoms in total. The molecule has 1 unspecified atom stereocenters. The van der Waals surface area contributed by atoms with Crippen molar-refractivity contribution in [3.63, 3.8) is 0 Å². The summed E-state index contributed by atoms with van der Waals surface area (Å²) in [7, 11) is 0. The summed E-state index contributed by atoms with van der Waals surface area (Å²) in [5, 5.41) is 6.86. The number of morpholine rings is 1. The van der Waals surface area contributed by atoms with Crippen LogP contribution in [0.4, 0.5) is 0 Å². The van der Waals surface area contributed by atoms with E-state index >= 15 is 0 Å². The SMILES string of the molecule is CCNC(=NCC(C)CN1CCOCC1)NCCC1=CCCCC1.I. The summed E-state index contributed by atoms with van der Waals surface area (Å²) < 4.78 is 5.41. The van der Waals surface area contributed by atoms with Gasteiger partial charge in [0.05, 0.1) is 13.2 Å². The van der Waals surface area contributed by atoms with Gasteiger partial charge in [0.15, 0.2) is 5.96 Å². The van der Waals surface area contributed by atoms with Crippen LogP contribution in [-0.2, 0) is 4.74 Å². The Morgan fingerprint density at radius 2 is 2.08 bits per heavy atom. The van der Waals surface area contributed by atoms with Gasteiger partial charge in [0.2, 0.25) is 0 Å². The van der Waals surface area contributed by atoms with Crippen molar-refractivity contribution in [1.29, 1.82) is 0 Å². The number of hydrogen-bond donors (Lipinski definition) is 2. The molecular formula is C19H37IN4O. The second kappa shape index (κ2) is 13.8. The average molecular weight is 464 g/mol. The second-order valence-electron chi connectivity index (χ2n) is 7.02. The molecular weight excluding hydrogens is 427 g/mol. The molecule has 0 aromatic rings. The molecule has 2 aliphatic rings. The van der Waals surface area contributed by atoms with Gasteiger partial charge in [0, 0.05) is 39.3 Å². The minimum Gasteiger partial charge on any atom is -0.379 e. The Hall–Kier alpha value is -0.340. The fourth-order valence-electron chi connectivity index (χ4n) is 3.34. The van der Waals surface area contributed by atoms with E-state index in [1.807, 2.05) is 0 Å². The van der Waals surface area contributed by atoms with Crippen molar-refractivity contribution in [2.75, 3.05) is 52.5 Å². The lowest BCUT2D eigenvalue weighted by Crippen LogP contribution is -2.40. The summed E-state index contributed by atoms with van der Waals surface area (Å²) in [6, 6.07) is 0. The van der Waals surface area contributed by atoms with Crippen molar-refractivity contribution in [2.45, 2.75) is 46.0 Å². The molecule has 1 aliphatic heterocycles. The van der Waals surface area contributed by atoms with Gasteiger partial charge in [-0.05, 0) is 44.9 Å². The highest BCUT2D eigenvalue weighted by molar-refractivity contribution is 14.0. The van der Waals surface area contributed by atoms with E-state index in [2.05, 4.69) is 35.5 Å². The predicted molar refractivity (Wildman–Crippen MR) is 117 cm³/mol. The molecule has 0 saturated carbocycles. The molecule has 0 radical (unpaired) electrons. The quantitative estimate of drug-likeness (QED) is 0.251. The van der Waals surface area contributed by atoms with Gasteiger partial charge < -0.3 is 15.4 Å². The van der Waals surface area contributed by atoms with Gasteiger partial charge in [0.25, 0.3) is 0 Å². The maximum Gasteiger partial charge on any atom is 0.191 e. The summed E-state index contributed by atoms with van der Waals surface area (Å²) in [6.45, 7) is 12.1. The van der Waals surface area contributed by atoms with Crippen LogP contribution in [0.25, 0.3) is 0 Å². The first-order chi connectivity index (χ1) is 11.8. The van der Waals surface area contributed by atoms with E-state index in [-0.39, 0.29) is 24.0 Å². The molecule has 1 saturated heterocycles. The van der Waals surface area contributed by atoms with Crippen LogP contribution in [0.15, 0.2) is 16.6 Å². The molecule has 6 heteroatoms. The molecule has 0 spiro atoms. The molecule has 0 aromatic heterocycles. The van der Waals surface area contributed by atoms with Gasteiger partial charge in [-0.3, -0.25) is 9.89 Å². The Balaban J connectivity index is 0.00000312.